The Bertz CT molecular complexity index is 2870. The van der Waals surface area contributed by atoms with E-state index in [1.54, 1.807) is 18.5 Å². The number of phenols is 2. The zero-order valence-electron chi connectivity index (χ0n) is 33.7. The van der Waals surface area contributed by atoms with Crippen LogP contribution in [0.15, 0.2) is 134 Å². The third kappa shape index (κ3) is 7.41. The number of hydrogen-bond donors (Lipinski definition) is 2. The number of phenolic OH excluding ortho intramolecular Hbond substituents is 2. The first-order valence-electron chi connectivity index (χ1n) is 21.1. The van der Waals surface area contributed by atoms with Crippen LogP contribution in [-0.2, 0) is 42.1 Å². The quantitative estimate of drug-likeness (QED) is 0.147. The van der Waals surface area contributed by atoms with Gasteiger partial charge < -0.3 is 19.3 Å². The second-order valence-corrected chi connectivity index (χ2v) is 16.1. The van der Waals surface area contributed by atoms with Crippen LogP contribution in [0.1, 0.15) is 63.5 Å². The first kappa shape index (κ1) is 41.7. The van der Waals surface area contributed by atoms with Gasteiger partial charge in [-0.2, -0.15) is 0 Å². The molecule has 2 fully saturated rings. The molecule has 0 bridgehead atoms. The Morgan fingerprint density at radius 1 is 0.452 bits per heavy atom. The normalized spacial score (nSPS) is 14.3. The molecule has 0 aliphatic heterocycles. The van der Waals surface area contributed by atoms with Gasteiger partial charge in [0.2, 0.25) is 0 Å². The van der Waals surface area contributed by atoms with Crippen molar-refractivity contribution in [2.45, 2.75) is 63.5 Å². The smallest absolute Gasteiger partial charge is 0.144 e. The summed E-state index contributed by atoms with van der Waals surface area (Å²) >= 11 is 0. The molecule has 2 aliphatic carbocycles. The summed E-state index contributed by atoms with van der Waals surface area (Å²) < 4.78 is 4.70. The molecular weight excluding hydrogens is 1130 g/mol. The van der Waals surface area contributed by atoms with E-state index in [1.807, 2.05) is 66.7 Å². The van der Waals surface area contributed by atoms with Crippen LogP contribution in [0, 0.1) is 12.1 Å². The van der Waals surface area contributed by atoms with E-state index in [2.05, 4.69) is 69.8 Å². The van der Waals surface area contributed by atoms with Crippen molar-refractivity contribution >= 4 is 22.1 Å². The molecule has 8 nitrogen and oxygen atoms in total. The van der Waals surface area contributed by atoms with Gasteiger partial charge in [0.1, 0.15) is 23.1 Å². The maximum atomic E-state index is 10.9. The Morgan fingerprint density at radius 3 is 1.27 bits per heavy atom. The molecule has 9 aromatic rings. The van der Waals surface area contributed by atoms with Crippen LogP contribution < -0.4 is 0 Å². The van der Waals surface area contributed by atoms with Crippen molar-refractivity contribution in [3.8, 4) is 79.0 Å². The number of imidazole rings is 2. The molecule has 0 unspecified atom stereocenters. The van der Waals surface area contributed by atoms with E-state index in [-0.39, 0.29) is 53.6 Å². The van der Waals surface area contributed by atoms with Gasteiger partial charge in [-0.1, -0.05) is 103 Å². The largest absolute Gasteiger partial charge is 0.507 e. The molecule has 10 heteroatoms. The van der Waals surface area contributed by atoms with E-state index in [0.29, 0.717) is 12.1 Å². The van der Waals surface area contributed by atoms with Crippen LogP contribution >= 0.6 is 0 Å². The van der Waals surface area contributed by atoms with Gasteiger partial charge in [-0.25, -0.2) is 9.97 Å². The van der Waals surface area contributed by atoms with Crippen LogP contribution in [0.4, 0.5) is 0 Å². The van der Waals surface area contributed by atoms with Crippen LogP contribution in [-0.4, -0.2) is 39.3 Å². The van der Waals surface area contributed by atoms with Gasteiger partial charge in [-0.05, 0) is 62.1 Å². The van der Waals surface area contributed by atoms with Crippen molar-refractivity contribution in [1.29, 1.82) is 0 Å². The molecule has 11 rings (SSSR count). The molecule has 0 spiro atoms. The molecule has 2 aliphatic rings. The van der Waals surface area contributed by atoms with Crippen molar-refractivity contribution in [2.24, 2.45) is 0 Å². The molecule has 3 aromatic heterocycles. The van der Waals surface area contributed by atoms with Gasteiger partial charge in [-0.3, -0.25) is 9.97 Å². The molecule has 0 atom stereocenters. The summed E-state index contributed by atoms with van der Waals surface area (Å²) in [6.07, 6.45) is 10.7. The Labute approximate surface area is 389 Å². The fourth-order valence-corrected chi connectivity index (χ4v) is 9.64. The summed E-state index contributed by atoms with van der Waals surface area (Å²) in [7, 11) is 0. The second-order valence-electron chi connectivity index (χ2n) is 16.1. The van der Waals surface area contributed by atoms with E-state index in [1.165, 1.54) is 25.7 Å². The van der Waals surface area contributed by atoms with Crippen molar-refractivity contribution in [2.75, 3.05) is 0 Å². The van der Waals surface area contributed by atoms with Gasteiger partial charge in [0, 0.05) is 65.6 Å². The molecule has 0 saturated heterocycles. The molecule has 62 heavy (non-hydrogen) atoms. The summed E-state index contributed by atoms with van der Waals surface area (Å²) in [6.45, 7) is 0. The molecule has 6 aromatic carbocycles. The van der Waals surface area contributed by atoms with Gasteiger partial charge in [0.05, 0.1) is 39.5 Å². The SMILES string of the molecule is Oc1ccccc1-c1nc2c(-c3[c-]c(-c4cc(-c5[c-]c(-c6cccc7c6nc(-c6ccccc6O)n7C6CCCC6)ccc5)ncn4)ccc3)cccc2n1C1CCCC1.[Pt].[Pt]. The van der Waals surface area contributed by atoms with E-state index >= 15 is 0 Å². The predicted octanol–water partition coefficient (Wildman–Crippen LogP) is 12.4. The summed E-state index contributed by atoms with van der Waals surface area (Å²) in [5.41, 5.74) is 12.4. The van der Waals surface area contributed by atoms with Crippen LogP contribution in [0.2, 0.25) is 0 Å². The van der Waals surface area contributed by atoms with Crippen LogP contribution in [0.5, 0.6) is 11.5 Å². The Kier molecular flexibility index (Phi) is 11.8. The number of aromatic hydroxyl groups is 2. The standard InChI is InChI=1S/C52H42N6O2.2Pt/c59-47-27-7-5-21-41(47)51-55-49-39(23-11-25-45(49)57(51)37-17-1-2-18-37)33-13-9-15-35(29-33)43-31-44(54-32-53-43)36-16-10-14-34(30-36)40-24-12-26-46-50(40)56-52(42-22-6-8-28-48(42)60)58(46)38-19-3-4-20-38;;/h5-16,21-28,31-32,37-38,59-60H,1-4,17-20H2;;/q-2;;. The second kappa shape index (κ2) is 17.6. The molecule has 0 radical (unpaired) electrons. The Morgan fingerprint density at radius 2 is 0.839 bits per heavy atom. The number of fused-ring (bicyclic) bond motifs is 2. The molecule has 0 amide bonds. The van der Waals surface area contributed by atoms with E-state index in [0.717, 1.165) is 115 Å². The number of nitrogens with zero attached hydrogens (tertiary/aromatic N) is 6. The number of hydrogen-bond acceptors (Lipinski definition) is 6. The Balaban J connectivity index is 0.00000245. The number of rotatable bonds is 8. The van der Waals surface area contributed by atoms with Crippen molar-refractivity contribution < 1.29 is 52.3 Å². The average molecular weight is 1170 g/mol. The summed E-state index contributed by atoms with van der Waals surface area (Å²) in [5, 5.41) is 21.9. The van der Waals surface area contributed by atoms with Gasteiger partial charge >= 0.3 is 0 Å². The first-order chi connectivity index (χ1) is 29.6. The van der Waals surface area contributed by atoms with Gasteiger partial charge in [0.25, 0.3) is 0 Å². The average Bonchev–Trinajstić information content (AvgIpc) is 4.13. The Hall–Kier alpha value is -5.68. The van der Waals surface area contributed by atoms with E-state index in [9.17, 15) is 10.2 Å². The summed E-state index contributed by atoms with van der Waals surface area (Å²) in [4.78, 5) is 20.0. The van der Waals surface area contributed by atoms with Crippen molar-refractivity contribution in [3.63, 3.8) is 0 Å². The fourth-order valence-electron chi connectivity index (χ4n) is 9.64. The molecule has 3 heterocycles. The topological polar surface area (TPSA) is 102 Å². The fraction of sp³-hybridized carbons (Fsp3) is 0.192. The minimum Gasteiger partial charge on any atom is -0.507 e. The van der Waals surface area contributed by atoms with E-state index in [4.69, 9.17) is 19.9 Å². The van der Waals surface area contributed by atoms with Crippen LogP contribution in [0.25, 0.3) is 89.6 Å². The number of benzene rings is 6. The minimum atomic E-state index is 0. The molecule has 2 saturated carbocycles. The summed E-state index contributed by atoms with van der Waals surface area (Å²) in [5.74, 6) is 2.06. The monoisotopic (exact) mass is 1170 g/mol. The maximum Gasteiger partial charge on any atom is 0.144 e. The number of aromatic nitrogens is 6. The first-order valence-corrected chi connectivity index (χ1v) is 21.1. The third-order valence-electron chi connectivity index (χ3n) is 12.5. The van der Waals surface area contributed by atoms with Crippen molar-refractivity contribution in [3.05, 3.63) is 146 Å². The van der Waals surface area contributed by atoms with Gasteiger partial charge in [0.15, 0.2) is 0 Å². The van der Waals surface area contributed by atoms with Gasteiger partial charge in [-0.15, -0.1) is 59.7 Å². The van der Waals surface area contributed by atoms with Crippen molar-refractivity contribution in [1.82, 2.24) is 29.1 Å². The molecule has 2 N–H and O–H groups in total. The maximum absolute atomic E-state index is 10.9. The molecule has 314 valence electrons. The molecular formula is C52H42N6O2Pt2-2. The zero-order valence-corrected chi connectivity index (χ0v) is 38.3. The number of para-hydroxylation sites is 4. The summed E-state index contributed by atoms with van der Waals surface area (Å²) in [6, 6.07) is 50.0. The third-order valence-corrected chi connectivity index (χ3v) is 12.5. The van der Waals surface area contributed by atoms with Crippen LogP contribution in [0.3, 0.4) is 0 Å². The predicted molar refractivity (Wildman–Crippen MR) is 237 cm³/mol. The minimum absolute atomic E-state index is 0. The zero-order chi connectivity index (χ0) is 40.2. The van der Waals surface area contributed by atoms with E-state index < -0.39 is 0 Å².